The van der Waals surface area contributed by atoms with E-state index in [0.29, 0.717) is 5.57 Å². The van der Waals surface area contributed by atoms with E-state index in [1.165, 1.54) is 0 Å². The topological polar surface area (TPSA) is 35.8 Å². The van der Waals surface area contributed by atoms with Crippen molar-refractivity contribution in [2.75, 3.05) is 5.32 Å². The van der Waals surface area contributed by atoms with Crippen LogP contribution in [0.25, 0.3) is 5.57 Å². The molecule has 0 aromatic heterocycles. The van der Waals surface area contributed by atoms with Gasteiger partial charge in [0.25, 0.3) is 0 Å². The van der Waals surface area contributed by atoms with Gasteiger partial charge in [-0.15, -0.1) is 0 Å². The number of nitrogens with one attached hydrogen (secondary N) is 1. The molecule has 0 bridgehead atoms. The summed E-state index contributed by atoms with van der Waals surface area (Å²) in [7, 11) is 0. The van der Waals surface area contributed by atoms with Gasteiger partial charge in [0.1, 0.15) is 6.07 Å². The van der Waals surface area contributed by atoms with Crippen LogP contribution in [-0.4, -0.2) is 0 Å². The van der Waals surface area contributed by atoms with Gasteiger partial charge in [0.2, 0.25) is 0 Å². The molecule has 2 nitrogen and oxygen atoms in total. The number of allylic oxidation sites excluding steroid dienone is 2. The first-order chi connectivity index (χ1) is 8.81. The molecular weight excluding hydrogens is 220 g/mol. The largest absolute Gasteiger partial charge is 0.358 e. The highest BCUT2D eigenvalue weighted by molar-refractivity contribution is 5.81. The second-order valence-electron chi connectivity index (χ2n) is 3.97. The standard InChI is InChI=1S/C16H14N2/c1-13(18-15-10-6-3-7-11-15)16(12-17)14-8-4-2-5-9-14/h2-11,18H,1H3. The Morgan fingerprint density at radius 2 is 1.50 bits per heavy atom. The Bertz CT molecular complexity index is 577. The van der Waals surface area contributed by atoms with E-state index in [9.17, 15) is 5.26 Å². The quantitative estimate of drug-likeness (QED) is 0.813. The maximum atomic E-state index is 9.28. The fourth-order valence-electron chi connectivity index (χ4n) is 1.77. The van der Waals surface area contributed by atoms with Crippen molar-refractivity contribution in [3.05, 3.63) is 71.9 Å². The van der Waals surface area contributed by atoms with E-state index in [1.54, 1.807) is 0 Å². The average molecular weight is 234 g/mol. The van der Waals surface area contributed by atoms with Crippen molar-refractivity contribution in [3.8, 4) is 6.07 Å². The van der Waals surface area contributed by atoms with Crippen LogP contribution in [0.3, 0.4) is 0 Å². The van der Waals surface area contributed by atoms with Gasteiger partial charge in [0, 0.05) is 11.4 Å². The van der Waals surface area contributed by atoms with Crippen molar-refractivity contribution >= 4 is 11.3 Å². The van der Waals surface area contributed by atoms with Crippen LogP contribution in [0.5, 0.6) is 0 Å². The number of hydrogen-bond donors (Lipinski definition) is 1. The van der Waals surface area contributed by atoms with Crippen LogP contribution in [-0.2, 0) is 0 Å². The Morgan fingerprint density at radius 1 is 0.944 bits per heavy atom. The van der Waals surface area contributed by atoms with Crippen LogP contribution in [0.4, 0.5) is 5.69 Å². The molecule has 0 aliphatic rings. The van der Waals surface area contributed by atoms with Crippen molar-refractivity contribution in [2.24, 2.45) is 0 Å². The lowest BCUT2D eigenvalue weighted by Crippen LogP contribution is -1.99. The predicted octanol–water partition coefficient (Wildman–Crippen LogP) is 4.05. The summed E-state index contributed by atoms with van der Waals surface area (Å²) in [5.41, 5.74) is 3.44. The summed E-state index contributed by atoms with van der Waals surface area (Å²) in [6, 6.07) is 21.8. The minimum absolute atomic E-state index is 0.666. The Morgan fingerprint density at radius 3 is 2.06 bits per heavy atom. The molecule has 2 aromatic carbocycles. The second kappa shape index (κ2) is 5.70. The highest BCUT2D eigenvalue weighted by atomic mass is 14.9. The molecule has 0 atom stereocenters. The third-order valence-corrected chi connectivity index (χ3v) is 2.65. The van der Waals surface area contributed by atoms with E-state index in [-0.39, 0.29) is 0 Å². The van der Waals surface area contributed by atoms with Gasteiger partial charge in [-0.05, 0) is 24.6 Å². The lowest BCUT2D eigenvalue weighted by Gasteiger charge is -2.09. The lowest BCUT2D eigenvalue weighted by molar-refractivity contribution is 1.37. The zero-order valence-electron chi connectivity index (χ0n) is 10.2. The first-order valence-corrected chi connectivity index (χ1v) is 5.79. The number of hydrogen-bond acceptors (Lipinski definition) is 2. The molecule has 2 aromatic rings. The molecule has 0 fully saturated rings. The molecular formula is C16H14N2. The van der Waals surface area contributed by atoms with Gasteiger partial charge in [0.05, 0.1) is 5.57 Å². The zero-order chi connectivity index (χ0) is 12.8. The second-order valence-corrected chi connectivity index (χ2v) is 3.97. The summed E-state index contributed by atoms with van der Waals surface area (Å²) >= 11 is 0. The fraction of sp³-hybridized carbons (Fsp3) is 0.0625. The first-order valence-electron chi connectivity index (χ1n) is 5.79. The Labute approximate surface area is 107 Å². The minimum atomic E-state index is 0.666. The maximum Gasteiger partial charge on any atom is 0.102 e. The van der Waals surface area contributed by atoms with Crippen LogP contribution in [0, 0.1) is 11.3 Å². The SMILES string of the molecule is CC(Nc1ccccc1)=C(C#N)c1ccccc1. The average Bonchev–Trinajstić information content (AvgIpc) is 2.42. The predicted molar refractivity (Wildman–Crippen MR) is 74.7 cm³/mol. The van der Waals surface area contributed by atoms with E-state index >= 15 is 0 Å². The minimum Gasteiger partial charge on any atom is -0.358 e. The van der Waals surface area contributed by atoms with E-state index < -0.39 is 0 Å². The number of anilines is 1. The summed E-state index contributed by atoms with van der Waals surface area (Å²) in [5.74, 6) is 0. The number of para-hydroxylation sites is 1. The summed E-state index contributed by atoms with van der Waals surface area (Å²) in [5, 5.41) is 12.5. The third-order valence-electron chi connectivity index (χ3n) is 2.65. The smallest absolute Gasteiger partial charge is 0.102 e. The van der Waals surface area contributed by atoms with Gasteiger partial charge in [-0.2, -0.15) is 5.26 Å². The molecule has 0 radical (unpaired) electrons. The van der Waals surface area contributed by atoms with E-state index in [0.717, 1.165) is 16.9 Å². The number of rotatable bonds is 3. The summed E-state index contributed by atoms with van der Waals surface area (Å²) < 4.78 is 0. The molecule has 2 rings (SSSR count). The summed E-state index contributed by atoms with van der Waals surface area (Å²) in [4.78, 5) is 0. The number of nitrogens with zero attached hydrogens (tertiary/aromatic N) is 1. The molecule has 0 heterocycles. The monoisotopic (exact) mass is 234 g/mol. The molecule has 18 heavy (non-hydrogen) atoms. The highest BCUT2D eigenvalue weighted by Gasteiger charge is 2.04. The normalized spacial score (nSPS) is 11.3. The summed E-state index contributed by atoms with van der Waals surface area (Å²) in [6.45, 7) is 1.92. The van der Waals surface area contributed by atoms with Gasteiger partial charge in [-0.3, -0.25) is 0 Å². The van der Waals surface area contributed by atoms with E-state index in [2.05, 4.69) is 11.4 Å². The molecule has 0 saturated carbocycles. The number of nitriles is 1. The van der Waals surface area contributed by atoms with Crippen molar-refractivity contribution < 1.29 is 0 Å². The highest BCUT2D eigenvalue weighted by Crippen LogP contribution is 2.19. The zero-order valence-corrected chi connectivity index (χ0v) is 10.2. The maximum absolute atomic E-state index is 9.28. The van der Waals surface area contributed by atoms with Crippen LogP contribution < -0.4 is 5.32 Å². The van der Waals surface area contributed by atoms with Crippen molar-refractivity contribution in [2.45, 2.75) is 6.92 Å². The molecule has 0 saturated heterocycles. The van der Waals surface area contributed by atoms with Crippen molar-refractivity contribution in [1.29, 1.82) is 5.26 Å². The van der Waals surface area contributed by atoms with Crippen LogP contribution in [0.1, 0.15) is 12.5 Å². The number of benzene rings is 2. The molecule has 0 aliphatic carbocycles. The van der Waals surface area contributed by atoms with Gasteiger partial charge in [0.15, 0.2) is 0 Å². The Hall–Kier alpha value is -2.53. The van der Waals surface area contributed by atoms with Crippen LogP contribution >= 0.6 is 0 Å². The molecule has 2 heteroatoms. The summed E-state index contributed by atoms with van der Waals surface area (Å²) in [6.07, 6.45) is 0. The fourth-order valence-corrected chi connectivity index (χ4v) is 1.77. The first kappa shape index (κ1) is 11.9. The molecule has 0 amide bonds. The molecule has 0 spiro atoms. The lowest BCUT2D eigenvalue weighted by atomic mass is 10.1. The van der Waals surface area contributed by atoms with Crippen molar-refractivity contribution in [1.82, 2.24) is 0 Å². The van der Waals surface area contributed by atoms with Crippen LogP contribution in [0.15, 0.2) is 66.4 Å². The third kappa shape index (κ3) is 2.78. The Kier molecular flexibility index (Phi) is 3.78. The molecule has 1 N–H and O–H groups in total. The van der Waals surface area contributed by atoms with Gasteiger partial charge >= 0.3 is 0 Å². The molecule has 88 valence electrons. The van der Waals surface area contributed by atoms with E-state index in [1.807, 2.05) is 67.6 Å². The van der Waals surface area contributed by atoms with Gasteiger partial charge < -0.3 is 5.32 Å². The van der Waals surface area contributed by atoms with E-state index in [4.69, 9.17) is 0 Å². The Balaban J connectivity index is 2.31. The molecule has 0 aliphatic heterocycles. The van der Waals surface area contributed by atoms with Gasteiger partial charge in [-0.25, -0.2) is 0 Å². The van der Waals surface area contributed by atoms with Crippen LogP contribution in [0.2, 0.25) is 0 Å². The van der Waals surface area contributed by atoms with Crippen molar-refractivity contribution in [3.63, 3.8) is 0 Å². The van der Waals surface area contributed by atoms with Gasteiger partial charge in [-0.1, -0.05) is 48.5 Å². The molecule has 0 unspecified atom stereocenters.